The number of nitrogens with zero attached hydrogens (tertiary/aromatic N) is 1. The van der Waals surface area contributed by atoms with Gasteiger partial charge in [-0.05, 0) is 11.4 Å². The Labute approximate surface area is 84.5 Å². The van der Waals surface area contributed by atoms with Crippen LogP contribution in [0.2, 0.25) is 0 Å². The van der Waals surface area contributed by atoms with E-state index in [9.17, 15) is 4.79 Å². The van der Waals surface area contributed by atoms with Gasteiger partial charge in [0.25, 0.3) is 0 Å². The van der Waals surface area contributed by atoms with Gasteiger partial charge in [0, 0.05) is 0 Å². The summed E-state index contributed by atoms with van der Waals surface area (Å²) in [5, 5.41) is 8.55. The quantitative estimate of drug-likeness (QED) is 0.767. The molecule has 0 aromatic carbocycles. The fourth-order valence-electron chi connectivity index (χ4n) is 1.16. The molecule has 0 radical (unpaired) electrons. The van der Waals surface area contributed by atoms with Gasteiger partial charge in [0.15, 0.2) is 0 Å². The predicted molar refractivity (Wildman–Crippen MR) is 53.2 cm³/mol. The van der Waals surface area contributed by atoms with Crippen LogP contribution < -0.4 is 0 Å². The van der Waals surface area contributed by atoms with Crippen LogP contribution in [0.4, 0.5) is 0 Å². The Bertz CT molecular complexity index is 433. The van der Waals surface area contributed by atoms with Crippen LogP contribution in [0.25, 0.3) is 10.6 Å². The van der Waals surface area contributed by atoms with Gasteiger partial charge in [0.05, 0.1) is 23.9 Å². The normalized spacial score (nSPS) is 10.1. The molecule has 0 aliphatic heterocycles. The summed E-state index contributed by atoms with van der Waals surface area (Å²) in [7, 11) is 1.35. The van der Waals surface area contributed by atoms with Crippen molar-refractivity contribution in [3.05, 3.63) is 29.3 Å². The zero-order valence-corrected chi connectivity index (χ0v) is 8.30. The third-order valence-corrected chi connectivity index (χ3v) is 2.70. The molecular formula is C9H8N2O2S. The average Bonchev–Trinajstić information content (AvgIpc) is 2.85. The van der Waals surface area contributed by atoms with Crippen LogP contribution in [-0.2, 0) is 4.74 Å². The van der Waals surface area contributed by atoms with Crippen molar-refractivity contribution in [2.24, 2.45) is 0 Å². The lowest BCUT2D eigenvalue weighted by molar-refractivity contribution is 0.0602. The minimum Gasteiger partial charge on any atom is -0.465 e. The fourth-order valence-corrected chi connectivity index (χ4v) is 1.89. The molecule has 1 N–H and O–H groups in total. The standard InChI is InChI=1S/C9H8N2O2S/c1-13-9(12)6-5-10-11-8(6)7-3-2-4-14-7/h2-5H,1H3,(H,10,11). The van der Waals surface area contributed by atoms with Gasteiger partial charge >= 0.3 is 5.97 Å². The number of ether oxygens (including phenoxy) is 1. The van der Waals surface area contributed by atoms with Crippen LogP contribution in [0.3, 0.4) is 0 Å². The molecule has 2 heterocycles. The Morgan fingerprint density at radius 1 is 1.64 bits per heavy atom. The molecule has 4 nitrogen and oxygen atoms in total. The zero-order chi connectivity index (χ0) is 9.97. The van der Waals surface area contributed by atoms with Crippen molar-refractivity contribution in [1.82, 2.24) is 10.2 Å². The van der Waals surface area contributed by atoms with Crippen molar-refractivity contribution >= 4 is 17.3 Å². The van der Waals surface area contributed by atoms with Crippen LogP contribution in [0, 0.1) is 0 Å². The van der Waals surface area contributed by atoms with Gasteiger partial charge in [-0.15, -0.1) is 11.3 Å². The molecule has 14 heavy (non-hydrogen) atoms. The molecular weight excluding hydrogens is 200 g/mol. The number of hydrogen-bond donors (Lipinski definition) is 1. The van der Waals surface area contributed by atoms with E-state index in [0.29, 0.717) is 11.3 Å². The number of carbonyl (C=O) groups is 1. The number of aromatic amines is 1. The summed E-state index contributed by atoms with van der Waals surface area (Å²) >= 11 is 1.54. The number of carbonyl (C=O) groups excluding carboxylic acids is 1. The number of rotatable bonds is 2. The van der Waals surface area contributed by atoms with Gasteiger partial charge in [-0.2, -0.15) is 5.10 Å². The Morgan fingerprint density at radius 2 is 2.50 bits per heavy atom. The second kappa shape index (κ2) is 3.63. The van der Waals surface area contributed by atoms with Crippen molar-refractivity contribution in [3.8, 4) is 10.6 Å². The molecule has 0 aliphatic carbocycles. The minimum absolute atomic E-state index is 0.373. The lowest BCUT2D eigenvalue weighted by Crippen LogP contribution is -2.00. The van der Waals surface area contributed by atoms with Crippen LogP contribution in [0.5, 0.6) is 0 Å². The molecule has 2 rings (SSSR count). The molecule has 0 amide bonds. The highest BCUT2D eigenvalue weighted by atomic mass is 32.1. The summed E-state index contributed by atoms with van der Waals surface area (Å²) < 4.78 is 4.64. The molecule has 5 heteroatoms. The predicted octanol–water partition coefficient (Wildman–Crippen LogP) is 1.92. The van der Waals surface area contributed by atoms with Gasteiger partial charge in [-0.1, -0.05) is 6.07 Å². The molecule has 0 spiro atoms. The topological polar surface area (TPSA) is 55.0 Å². The first-order chi connectivity index (χ1) is 6.83. The van der Waals surface area contributed by atoms with Gasteiger partial charge in [0.1, 0.15) is 5.56 Å². The van der Waals surface area contributed by atoms with Crippen molar-refractivity contribution in [2.75, 3.05) is 7.11 Å². The van der Waals surface area contributed by atoms with Crippen LogP contribution in [-0.4, -0.2) is 23.3 Å². The average molecular weight is 208 g/mol. The van der Waals surface area contributed by atoms with Crippen molar-refractivity contribution in [3.63, 3.8) is 0 Å². The smallest absolute Gasteiger partial charge is 0.341 e. The van der Waals surface area contributed by atoms with Crippen LogP contribution in [0.1, 0.15) is 10.4 Å². The minimum atomic E-state index is -0.373. The van der Waals surface area contributed by atoms with Crippen molar-refractivity contribution in [1.29, 1.82) is 0 Å². The molecule has 0 fully saturated rings. The van der Waals surface area contributed by atoms with E-state index in [4.69, 9.17) is 0 Å². The van der Waals surface area contributed by atoms with Gasteiger partial charge in [0.2, 0.25) is 0 Å². The lowest BCUT2D eigenvalue weighted by Gasteiger charge is -1.97. The summed E-state index contributed by atoms with van der Waals surface area (Å²) in [6.07, 6.45) is 1.47. The van der Waals surface area contributed by atoms with E-state index >= 15 is 0 Å². The van der Waals surface area contributed by atoms with E-state index in [1.165, 1.54) is 13.3 Å². The maximum Gasteiger partial charge on any atom is 0.341 e. The van der Waals surface area contributed by atoms with E-state index < -0.39 is 0 Å². The molecule has 72 valence electrons. The second-order valence-corrected chi connectivity index (χ2v) is 3.58. The first-order valence-electron chi connectivity index (χ1n) is 3.98. The third-order valence-electron chi connectivity index (χ3n) is 1.81. The maximum absolute atomic E-state index is 11.3. The Balaban J connectivity index is 2.45. The molecule has 2 aromatic heterocycles. The summed E-state index contributed by atoms with van der Waals surface area (Å²) in [6, 6.07) is 3.84. The first kappa shape index (κ1) is 8.96. The van der Waals surface area contributed by atoms with Crippen LogP contribution >= 0.6 is 11.3 Å². The largest absolute Gasteiger partial charge is 0.465 e. The SMILES string of the molecule is COC(=O)c1cn[nH]c1-c1cccs1. The highest BCUT2D eigenvalue weighted by Gasteiger charge is 2.15. The summed E-state index contributed by atoms with van der Waals surface area (Å²) in [6.45, 7) is 0. The highest BCUT2D eigenvalue weighted by Crippen LogP contribution is 2.25. The highest BCUT2D eigenvalue weighted by molar-refractivity contribution is 7.13. The number of nitrogens with one attached hydrogen (secondary N) is 1. The summed E-state index contributed by atoms with van der Waals surface area (Å²) in [4.78, 5) is 12.3. The fraction of sp³-hybridized carbons (Fsp3) is 0.111. The second-order valence-electron chi connectivity index (χ2n) is 2.63. The van der Waals surface area contributed by atoms with E-state index in [0.717, 1.165) is 4.88 Å². The Morgan fingerprint density at radius 3 is 3.14 bits per heavy atom. The number of hydrogen-bond acceptors (Lipinski definition) is 4. The van der Waals surface area contributed by atoms with E-state index in [1.54, 1.807) is 11.3 Å². The maximum atomic E-state index is 11.3. The van der Waals surface area contributed by atoms with E-state index in [2.05, 4.69) is 14.9 Å². The summed E-state index contributed by atoms with van der Waals surface area (Å²) in [5.74, 6) is -0.373. The number of thiophene rings is 1. The number of H-pyrrole nitrogens is 1. The number of methoxy groups -OCH3 is 1. The zero-order valence-electron chi connectivity index (χ0n) is 7.48. The van der Waals surface area contributed by atoms with Gasteiger partial charge in [-0.25, -0.2) is 4.79 Å². The first-order valence-corrected chi connectivity index (χ1v) is 4.86. The third kappa shape index (κ3) is 1.42. The number of esters is 1. The van der Waals surface area contributed by atoms with E-state index in [-0.39, 0.29) is 5.97 Å². The van der Waals surface area contributed by atoms with E-state index in [1.807, 2.05) is 17.5 Å². The molecule has 2 aromatic rings. The van der Waals surface area contributed by atoms with Gasteiger partial charge < -0.3 is 4.74 Å². The summed E-state index contributed by atoms with van der Waals surface area (Å²) in [5.41, 5.74) is 1.18. The van der Waals surface area contributed by atoms with Crippen LogP contribution in [0.15, 0.2) is 23.7 Å². The molecule has 0 saturated heterocycles. The Kier molecular flexibility index (Phi) is 2.32. The molecule has 0 unspecified atom stereocenters. The van der Waals surface area contributed by atoms with Crippen molar-refractivity contribution in [2.45, 2.75) is 0 Å². The van der Waals surface area contributed by atoms with Gasteiger partial charge in [-0.3, -0.25) is 5.10 Å². The Hall–Kier alpha value is -1.62. The lowest BCUT2D eigenvalue weighted by atomic mass is 10.2. The monoisotopic (exact) mass is 208 g/mol. The molecule has 0 aliphatic rings. The number of aromatic nitrogens is 2. The molecule has 0 bridgehead atoms. The molecule has 0 atom stereocenters. The molecule has 0 saturated carbocycles. The van der Waals surface area contributed by atoms with Crippen molar-refractivity contribution < 1.29 is 9.53 Å².